The fraction of sp³-hybridized carbons (Fsp3) is 0.600. The maximum absolute atomic E-state index is 9.26. The van der Waals surface area contributed by atoms with E-state index in [1.165, 1.54) is 5.56 Å². The van der Waals surface area contributed by atoms with Crippen molar-refractivity contribution in [2.45, 2.75) is 51.3 Å². The molecule has 0 amide bonds. The van der Waals surface area contributed by atoms with Crippen molar-refractivity contribution in [1.82, 2.24) is 5.32 Å². The second-order valence-corrected chi connectivity index (χ2v) is 5.13. The molecule has 1 unspecified atom stereocenters. The molecule has 18 heavy (non-hydrogen) atoms. The Bertz CT molecular complexity index is 357. The Morgan fingerprint density at radius 3 is 2.56 bits per heavy atom. The van der Waals surface area contributed by atoms with E-state index in [4.69, 9.17) is 4.74 Å². The topological polar surface area (TPSA) is 41.5 Å². The zero-order valence-corrected chi connectivity index (χ0v) is 11.2. The van der Waals surface area contributed by atoms with Gasteiger partial charge in [-0.3, -0.25) is 0 Å². The molecule has 0 spiro atoms. The lowest BCUT2D eigenvalue weighted by Crippen LogP contribution is -2.44. The minimum Gasteiger partial charge on any atom is -0.494 e. The number of hydrogen-bond donors (Lipinski definition) is 2. The number of benzene rings is 1. The van der Waals surface area contributed by atoms with Crippen molar-refractivity contribution in [3.8, 4) is 5.75 Å². The van der Waals surface area contributed by atoms with E-state index in [0.29, 0.717) is 12.1 Å². The third kappa shape index (κ3) is 3.47. The van der Waals surface area contributed by atoms with Gasteiger partial charge in [0.05, 0.1) is 12.7 Å². The predicted molar refractivity (Wildman–Crippen MR) is 72.8 cm³/mol. The van der Waals surface area contributed by atoms with Crippen LogP contribution in [0.2, 0.25) is 0 Å². The smallest absolute Gasteiger partial charge is 0.119 e. The van der Waals surface area contributed by atoms with Gasteiger partial charge in [0.15, 0.2) is 0 Å². The van der Waals surface area contributed by atoms with Crippen molar-refractivity contribution in [1.29, 1.82) is 0 Å². The van der Waals surface area contributed by atoms with Crippen molar-refractivity contribution in [2.75, 3.05) is 6.61 Å². The van der Waals surface area contributed by atoms with Crippen LogP contribution in [0.5, 0.6) is 5.75 Å². The molecule has 0 radical (unpaired) electrons. The molecule has 1 saturated carbocycles. The predicted octanol–water partition coefficient (Wildman–Crippen LogP) is 2.65. The van der Waals surface area contributed by atoms with Crippen LogP contribution in [0.3, 0.4) is 0 Å². The molecular weight excluding hydrogens is 226 g/mol. The van der Waals surface area contributed by atoms with E-state index in [9.17, 15) is 5.11 Å². The van der Waals surface area contributed by atoms with Crippen LogP contribution >= 0.6 is 0 Å². The summed E-state index contributed by atoms with van der Waals surface area (Å²) in [6.45, 7) is 5.03. The molecule has 0 saturated heterocycles. The van der Waals surface area contributed by atoms with E-state index in [0.717, 1.165) is 31.6 Å². The molecular formula is C15H23NO2. The quantitative estimate of drug-likeness (QED) is 0.814. The second-order valence-electron chi connectivity index (χ2n) is 5.13. The van der Waals surface area contributed by atoms with Crippen LogP contribution in [-0.2, 0) is 0 Å². The van der Waals surface area contributed by atoms with Gasteiger partial charge in [0.1, 0.15) is 5.75 Å². The van der Waals surface area contributed by atoms with Crippen LogP contribution in [0.1, 0.15) is 44.7 Å². The number of rotatable bonds is 6. The molecule has 1 atom stereocenters. The summed E-state index contributed by atoms with van der Waals surface area (Å²) >= 11 is 0. The monoisotopic (exact) mass is 249 g/mol. The molecule has 3 nitrogen and oxygen atoms in total. The Labute approximate surface area is 109 Å². The first-order chi connectivity index (χ1) is 8.69. The summed E-state index contributed by atoms with van der Waals surface area (Å²) < 4.78 is 5.56. The molecule has 0 bridgehead atoms. The molecule has 0 heterocycles. The van der Waals surface area contributed by atoms with Crippen molar-refractivity contribution in [3.63, 3.8) is 0 Å². The third-order valence-corrected chi connectivity index (χ3v) is 3.45. The Hall–Kier alpha value is -1.06. The standard InChI is InChI=1S/C15H23NO2/c1-3-8-18-15-6-4-12(5-7-15)11(2)16-13-9-14(17)10-13/h4-7,11,13-14,16-17H,3,8-10H2,1-2H3. The van der Waals surface area contributed by atoms with E-state index >= 15 is 0 Å². The molecule has 1 aromatic rings. The van der Waals surface area contributed by atoms with Gasteiger partial charge in [-0.2, -0.15) is 0 Å². The van der Waals surface area contributed by atoms with Gasteiger partial charge in [0.2, 0.25) is 0 Å². The molecule has 1 aliphatic rings. The number of aliphatic hydroxyl groups is 1. The molecule has 2 N–H and O–H groups in total. The third-order valence-electron chi connectivity index (χ3n) is 3.45. The molecule has 1 aliphatic carbocycles. The lowest BCUT2D eigenvalue weighted by Gasteiger charge is -2.34. The van der Waals surface area contributed by atoms with E-state index in [1.54, 1.807) is 0 Å². The van der Waals surface area contributed by atoms with Crippen LogP contribution in [0, 0.1) is 0 Å². The van der Waals surface area contributed by atoms with Gasteiger partial charge in [0.25, 0.3) is 0 Å². The van der Waals surface area contributed by atoms with Gasteiger partial charge in [-0.1, -0.05) is 19.1 Å². The van der Waals surface area contributed by atoms with Crippen molar-refractivity contribution >= 4 is 0 Å². The summed E-state index contributed by atoms with van der Waals surface area (Å²) in [6, 6.07) is 9.06. The Morgan fingerprint density at radius 2 is 2.00 bits per heavy atom. The maximum Gasteiger partial charge on any atom is 0.119 e. The lowest BCUT2D eigenvalue weighted by atomic mass is 9.88. The Morgan fingerprint density at radius 1 is 1.33 bits per heavy atom. The average Bonchev–Trinajstić information content (AvgIpc) is 2.35. The van der Waals surface area contributed by atoms with E-state index in [2.05, 4.69) is 31.3 Å². The Kier molecular flexibility index (Phi) is 4.61. The number of nitrogens with one attached hydrogen (secondary N) is 1. The minimum absolute atomic E-state index is 0.0977. The summed E-state index contributed by atoms with van der Waals surface area (Å²) in [5.41, 5.74) is 1.26. The van der Waals surface area contributed by atoms with Crippen LogP contribution in [0.15, 0.2) is 24.3 Å². The zero-order valence-electron chi connectivity index (χ0n) is 11.2. The Balaban J connectivity index is 1.84. The van der Waals surface area contributed by atoms with Crippen molar-refractivity contribution in [2.24, 2.45) is 0 Å². The van der Waals surface area contributed by atoms with E-state index < -0.39 is 0 Å². The maximum atomic E-state index is 9.26. The van der Waals surface area contributed by atoms with Crippen LogP contribution in [0.25, 0.3) is 0 Å². The normalized spacial score (nSPS) is 24.4. The molecule has 1 aromatic carbocycles. The molecule has 2 rings (SSSR count). The highest BCUT2D eigenvalue weighted by Gasteiger charge is 2.28. The largest absolute Gasteiger partial charge is 0.494 e. The number of ether oxygens (including phenoxy) is 1. The molecule has 0 aliphatic heterocycles. The second kappa shape index (κ2) is 6.21. The van der Waals surface area contributed by atoms with Crippen LogP contribution in [0.4, 0.5) is 0 Å². The first kappa shape index (κ1) is 13.4. The molecule has 100 valence electrons. The number of aliphatic hydroxyl groups excluding tert-OH is 1. The highest BCUT2D eigenvalue weighted by atomic mass is 16.5. The van der Waals surface area contributed by atoms with Crippen molar-refractivity contribution in [3.05, 3.63) is 29.8 Å². The van der Waals surface area contributed by atoms with Crippen LogP contribution < -0.4 is 10.1 Å². The summed E-state index contributed by atoms with van der Waals surface area (Å²) in [5.74, 6) is 0.937. The van der Waals surface area contributed by atoms with Gasteiger partial charge < -0.3 is 15.2 Å². The fourth-order valence-electron chi connectivity index (χ4n) is 2.25. The summed E-state index contributed by atoms with van der Waals surface area (Å²) in [4.78, 5) is 0. The van der Waals surface area contributed by atoms with Gasteiger partial charge in [-0.15, -0.1) is 0 Å². The van der Waals surface area contributed by atoms with E-state index in [1.807, 2.05) is 12.1 Å². The van der Waals surface area contributed by atoms with Gasteiger partial charge in [-0.05, 0) is 43.9 Å². The van der Waals surface area contributed by atoms with Gasteiger partial charge in [-0.25, -0.2) is 0 Å². The van der Waals surface area contributed by atoms with Crippen LogP contribution in [-0.4, -0.2) is 23.9 Å². The summed E-state index contributed by atoms with van der Waals surface area (Å²) in [7, 11) is 0. The average molecular weight is 249 g/mol. The molecule has 1 fully saturated rings. The molecule has 0 aromatic heterocycles. The summed E-state index contributed by atoms with van der Waals surface area (Å²) in [5, 5.41) is 12.8. The highest BCUT2D eigenvalue weighted by molar-refractivity contribution is 5.29. The highest BCUT2D eigenvalue weighted by Crippen LogP contribution is 2.24. The van der Waals surface area contributed by atoms with E-state index in [-0.39, 0.29) is 6.10 Å². The molecule has 3 heteroatoms. The minimum atomic E-state index is -0.0977. The summed E-state index contributed by atoms with van der Waals surface area (Å²) in [6.07, 6.45) is 2.69. The first-order valence-electron chi connectivity index (χ1n) is 6.86. The number of hydrogen-bond acceptors (Lipinski definition) is 3. The lowest BCUT2D eigenvalue weighted by molar-refractivity contribution is 0.0586. The van der Waals surface area contributed by atoms with Gasteiger partial charge in [0, 0.05) is 12.1 Å². The zero-order chi connectivity index (χ0) is 13.0. The SMILES string of the molecule is CCCOc1ccc(C(C)NC2CC(O)C2)cc1. The van der Waals surface area contributed by atoms with Crippen molar-refractivity contribution < 1.29 is 9.84 Å². The fourth-order valence-corrected chi connectivity index (χ4v) is 2.25. The van der Waals surface area contributed by atoms with Gasteiger partial charge >= 0.3 is 0 Å². The first-order valence-corrected chi connectivity index (χ1v) is 6.86.